The van der Waals surface area contributed by atoms with E-state index in [-0.39, 0.29) is 24.7 Å². The van der Waals surface area contributed by atoms with Gasteiger partial charge in [0.1, 0.15) is 11.8 Å². The summed E-state index contributed by atoms with van der Waals surface area (Å²) in [5.41, 5.74) is 17.2. The molecule has 9 heteroatoms. The Morgan fingerprint density at radius 1 is 1.27 bits per heavy atom. The molecule has 0 bridgehead atoms. The molecule has 1 rings (SSSR count). The summed E-state index contributed by atoms with van der Waals surface area (Å²) in [6.07, 6.45) is 1.10. The molecule has 0 aliphatic rings. The van der Waals surface area contributed by atoms with E-state index in [1.54, 1.807) is 19.1 Å². The molecule has 0 fully saturated rings. The topological polar surface area (TPSA) is 166 Å². The van der Waals surface area contributed by atoms with Crippen LogP contribution in [0.5, 0.6) is 5.75 Å². The summed E-state index contributed by atoms with van der Waals surface area (Å²) in [5.74, 6) is -0.882. The molecule has 0 saturated heterocycles. The SMILES string of the molecule is CCOC(=O)[C@H](CCCN=C(N)N)NC(=O)[C@@H](N)Cc1ccc(O)cc1. The minimum Gasteiger partial charge on any atom is -0.508 e. The highest BCUT2D eigenvalue weighted by Crippen LogP contribution is 2.11. The number of rotatable bonds is 10. The highest BCUT2D eigenvalue weighted by molar-refractivity contribution is 5.87. The minimum absolute atomic E-state index is 0.0300. The van der Waals surface area contributed by atoms with Gasteiger partial charge in [0.25, 0.3) is 0 Å². The van der Waals surface area contributed by atoms with Crippen molar-refractivity contribution < 1.29 is 19.4 Å². The van der Waals surface area contributed by atoms with Gasteiger partial charge in [0, 0.05) is 6.54 Å². The monoisotopic (exact) mass is 365 g/mol. The first-order valence-electron chi connectivity index (χ1n) is 8.39. The second-order valence-electron chi connectivity index (χ2n) is 5.74. The maximum absolute atomic E-state index is 12.3. The fourth-order valence-corrected chi connectivity index (χ4v) is 2.25. The van der Waals surface area contributed by atoms with Crippen LogP contribution in [0, 0.1) is 0 Å². The molecular formula is C17H27N5O4. The van der Waals surface area contributed by atoms with Gasteiger partial charge in [0.2, 0.25) is 5.91 Å². The highest BCUT2D eigenvalue weighted by Gasteiger charge is 2.24. The minimum atomic E-state index is -0.839. The molecule has 0 aliphatic heterocycles. The third-order valence-corrected chi connectivity index (χ3v) is 3.56. The predicted molar refractivity (Wildman–Crippen MR) is 98.3 cm³/mol. The average molecular weight is 365 g/mol. The fourth-order valence-electron chi connectivity index (χ4n) is 2.25. The number of benzene rings is 1. The number of carbonyl (C=O) groups is 2. The molecular weight excluding hydrogens is 338 g/mol. The molecule has 26 heavy (non-hydrogen) atoms. The van der Waals surface area contributed by atoms with Crippen LogP contribution in [0.1, 0.15) is 25.3 Å². The largest absolute Gasteiger partial charge is 0.508 e. The number of hydrogen-bond acceptors (Lipinski definition) is 6. The number of aliphatic imine (C=N–C) groups is 1. The summed E-state index contributed by atoms with van der Waals surface area (Å²) in [6.45, 7) is 2.24. The van der Waals surface area contributed by atoms with E-state index in [0.29, 0.717) is 19.4 Å². The van der Waals surface area contributed by atoms with Gasteiger partial charge >= 0.3 is 5.97 Å². The van der Waals surface area contributed by atoms with Gasteiger partial charge in [0.05, 0.1) is 12.6 Å². The van der Waals surface area contributed by atoms with E-state index in [0.717, 1.165) is 5.56 Å². The van der Waals surface area contributed by atoms with E-state index in [2.05, 4.69) is 10.3 Å². The number of nitrogens with one attached hydrogen (secondary N) is 1. The molecule has 0 saturated carbocycles. The number of guanidine groups is 1. The Morgan fingerprint density at radius 3 is 2.50 bits per heavy atom. The molecule has 1 aromatic rings. The van der Waals surface area contributed by atoms with Crippen LogP contribution >= 0.6 is 0 Å². The molecule has 1 aromatic carbocycles. The van der Waals surface area contributed by atoms with Gasteiger partial charge in [-0.05, 0) is 43.9 Å². The Hall–Kier alpha value is -2.81. The maximum atomic E-state index is 12.3. The van der Waals surface area contributed by atoms with Gasteiger partial charge < -0.3 is 32.4 Å². The third kappa shape index (κ3) is 7.84. The van der Waals surface area contributed by atoms with Crippen molar-refractivity contribution in [3.63, 3.8) is 0 Å². The number of phenolic OH excluding ortho intramolecular Hbond substituents is 1. The second-order valence-corrected chi connectivity index (χ2v) is 5.74. The van der Waals surface area contributed by atoms with Crippen molar-refractivity contribution in [2.75, 3.05) is 13.2 Å². The number of esters is 1. The second kappa shape index (κ2) is 10.9. The van der Waals surface area contributed by atoms with Crippen molar-refractivity contribution >= 4 is 17.8 Å². The molecule has 0 radical (unpaired) electrons. The molecule has 0 aromatic heterocycles. The summed E-state index contributed by atoms with van der Waals surface area (Å²) in [7, 11) is 0. The zero-order valence-electron chi connectivity index (χ0n) is 14.9. The maximum Gasteiger partial charge on any atom is 0.328 e. The van der Waals surface area contributed by atoms with Crippen molar-refractivity contribution in [2.24, 2.45) is 22.2 Å². The number of hydrogen-bond donors (Lipinski definition) is 5. The summed E-state index contributed by atoms with van der Waals surface area (Å²) < 4.78 is 4.99. The molecule has 0 heterocycles. The first-order valence-corrected chi connectivity index (χ1v) is 8.39. The molecule has 0 spiro atoms. The number of phenols is 1. The lowest BCUT2D eigenvalue weighted by Gasteiger charge is -2.19. The Kier molecular flexibility index (Phi) is 8.93. The van der Waals surface area contributed by atoms with Gasteiger partial charge in [-0.15, -0.1) is 0 Å². The number of amides is 1. The number of nitrogens with zero attached hydrogens (tertiary/aromatic N) is 1. The molecule has 0 aliphatic carbocycles. The quantitative estimate of drug-likeness (QED) is 0.159. The normalized spacial score (nSPS) is 12.7. The van der Waals surface area contributed by atoms with Gasteiger partial charge in [0.15, 0.2) is 5.96 Å². The van der Waals surface area contributed by atoms with Gasteiger partial charge in [-0.1, -0.05) is 12.1 Å². The van der Waals surface area contributed by atoms with Crippen molar-refractivity contribution in [1.29, 1.82) is 0 Å². The van der Waals surface area contributed by atoms with Crippen molar-refractivity contribution in [3.8, 4) is 5.75 Å². The average Bonchev–Trinajstić information content (AvgIpc) is 2.59. The van der Waals surface area contributed by atoms with Crippen LogP contribution in [-0.2, 0) is 20.7 Å². The number of ether oxygens (including phenoxy) is 1. The van der Waals surface area contributed by atoms with E-state index in [1.165, 1.54) is 12.1 Å². The summed E-state index contributed by atoms with van der Waals surface area (Å²) >= 11 is 0. The Morgan fingerprint density at radius 2 is 1.92 bits per heavy atom. The van der Waals surface area contributed by atoms with Crippen LogP contribution in [-0.4, -0.2) is 48.2 Å². The summed E-state index contributed by atoms with van der Waals surface area (Å²) in [5, 5.41) is 11.9. The first-order chi connectivity index (χ1) is 12.3. The standard InChI is InChI=1S/C17H27N5O4/c1-2-26-16(25)14(4-3-9-21-17(19)20)22-15(24)13(18)10-11-5-7-12(23)8-6-11/h5-8,13-14,23H,2-4,9-10,18H2,1H3,(H,22,24)(H4,19,20,21)/t13-,14-/m0/s1. The van der Waals surface area contributed by atoms with E-state index < -0.39 is 24.0 Å². The molecule has 8 N–H and O–H groups in total. The number of carbonyl (C=O) groups excluding carboxylic acids is 2. The van der Waals surface area contributed by atoms with Crippen LogP contribution in [0.2, 0.25) is 0 Å². The van der Waals surface area contributed by atoms with Crippen LogP contribution in [0.25, 0.3) is 0 Å². The van der Waals surface area contributed by atoms with E-state index in [4.69, 9.17) is 21.9 Å². The van der Waals surface area contributed by atoms with Crippen LogP contribution in [0.3, 0.4) is 0 Å². The molecule has 9 nitrogen and oxygen atoms in total. The summed E-state index contributed by atoms with van der Waals surface area (Å²) in [4.78, 5) is 28.2. The number of aromatic hydroxyl groups is 1. The molecule has 2 atom stereocenters. The third-order valence-electron chi connectivity index (χ3n) is 3.56. The van der Waals surface area contributed by atoms with Gasteiger partial charge in [-0.2, -0.15) is 0 Å². The lowest BCUT2D eigenvalue weighted by Crippen LogP contribution is -2.49. The Bertz CT molecular complexity index is 614. The van der Waals surface area contributed by atoms with Crippen molar-refractivity contribution in [1.82, 2.24) is 5.32 Å². The predicted octanol–water partition coefficient (Wildman–Crippen LogP) is -0.636. The summed E-state index contributed by atoms with van der Waals surface area (Å²) in [6, 6.07) is 4.74. The van der Waals surface area contributed by atoms with Gasteiger partial charge in [-0.25, -0.2) is 4.79 Å². The smallest absolute Gasteiger partial charge is 0.328 e. The fraction of sp³-hybridized carbons (Fsp3) is 0.471. The van der Waals surface area contributed by atoms with E-state index in [9.17, 15) is 14.7 Å². The molecule has 1 amide bonds. The van der Waals surface area contributed by atoms with Crippen LogP contribution in [0.15, 0.2) is 29.3 Å². The van der Waals surface area contributed by atoms with E-state index >= 15 is 0 Å². The van der Waals surface area contributed by atoms with Crippen LogP contribution < -0.4 is 22.5 Å². The first kappa shape index (κ1) is 21.2. The van der Waals surface area contributed by atoms with E-state index in [1.807, 2.05) is 0 Å². The van der Waals surface area contributed by atoms with Crippen molar-refractivity contribution in [3.05, 3.63) is 29.8 Å². The zero-order chi connectivity index (χ0) is 19.5. The van der Waals surface area contributed by atoms with Crippen molar-refractivity contribution in [2.45, 2.75) is 38.3 Å². The van der Waals surface area contributed by atoms with Crippen LogP contribution in [0.4, 0.5) is 0 Å². The Balaban J connectivity index is 2.62. The lowest BCUT2D eigenvalue weighted by atomic mass is 10.0. The lowest BCUT2D eigenvalue weighted by molar-refractivity contribution is -0.147. The van der Waals surface area contributed by atoms with Gasteiger partial charge in [-0.3, -0.25) is 9.79 Å². The zero-order valence-corrected chi connectivity index (χ0v) is 14.9. The number of nitrogens with two attached hydrogens (primary N) is 3. The molecule has 144 valence electrons. The highest BCUT2D eigenvalue weighted by atomic mass is 16.5. The Labute approximate surface area is 152 Å². The molecule has 0 unspecified atom stereocenters.